The molecule has 0 spiro atoms. The van der Waals surface area contributed by atoms with Gasteiger partial charge in [-0.2, -0.15) is 0 Å². The molecule has 1 unspecified atom stereocenters. The molecule has 0 saturated carbocycles. The molecule has 0 aliphatic heterocycles. The van der Waals surface area contributed by atoms with Crippen molar-refractivity contribution in [3.63, 3.8) is 0 Å². The Balaban J connectivity index is 3.20. The Morgan fingerprint density at radius 2 is 2.00 bits per heavy atom. The zero-order valence-electron chi connectivity index (χ0n) is 8.39. The summed E-state index contributed by atoms with van der Waals surface area (Å²) in [5.41, 5.74) is 9.35. The maximum atomic E-state index is 6.16. The highest BCUT2D eigenvalue weighted by atomic mass is 35.5. The number of nitrogens with two attached hydrogens (primary N) is 1. The highest BCUT2D eigenvalue weighted by molar-refractivity contribution is 6.32. The number of hydrogen-bond acceptors (Lipinski definition) is 1. The molecule has 1 aromatic carbocycles. The largest absolute Gasteiger partial charge is 0.324 e. The summed E-state index contributed by atoms with van der Waals surface area (Å²) in [6.07, 6.45) is 0.919. The van der Waals surface area contributed by atoms with Gasteiger partial charge in [-0.1, -0.05) is 36.2 Å². The van der Waals surface area contributed by atoms with Gasteiger partial charge in [0.15, 0.2) is 0 Å². The summed E-state index contributed by atoms with van der Waals surface area (Å²) in [7, 11) is 0. The zero-order valence-corrected chi connectivity index (χ0v) is 9.15. The van der Waals surface area contributed by atoms with E-state index in [1.54, 1.807) is 0 Å². The van der Waals surface area contributed by atoms with Crippen LogP contribution in [0.4, 0.5) is 0 Å². The minimum absolute atomic E-state index is 0.0612. The third kappa shape index (κ3) is 2.23. The molecule has 0 heterocycles. The summed E-state index contributed by atoms with van der Waals surface area (Å²) in [5.74, 6) is 0. The Kier molecular flexibility index (Phi) is 3.34. The van der Waals surface area contributed by atoms with E-state index in [9.17, 15) is 0 Å². The van der Waals surface area contributed by atoms with Gasteiger partial charge in [0.2, 0.25) is 0 Å². The molecular weight excluding hydrogens is 182 g/mol. The van der Waals surface area contributed by atoms with E-state index >= 15 is 0 Å². The lowest BCUT2D eigenvalue weighted by atomic mass is 10.0. The van der Waals surface area contributed by atoms with E-state index in [4.69, 9.17) is 17.3 Å². The lowest BCUT2D eigenvalue weighted by Gasteiger charge is -2.14. The molecule has 2 heteroatoms. The van der Waals surface area contributed by atoms with E-state index in [2.05, 4.69) is 26.0 Å². The molecule has 0 fully saturated rings. The average molecular weight is 198 g/mol. The van der Waals surface area contributed by atoms with Crippen molar-refractivity contribution in [2.24, 2.45) is 5.73 Å². The lowest BCUT2D eigenvalue weighted by molar-refractivity contribution is 0.697. The van der Waals surface area contributed by atoms with Gasteiger partial charge in [0.05, 0.1) is 0 Å². The minimum Gasteiger partial charge on any atom is -0.324 e. The van der Waals surface area contributed by atoms with Crippen LogP contribution in [0.3, 0.4) is 0 Å². The maximum Gasteiger partial charge on any atom is 0.0483 e. The molecule has 0 aliphatic carbocycles. The van der Waals surface area contributed by atoms with Crippen LogP contribution in [0.1, 0.15) is 36.1 Å². The van der Waals surface area contributed by atoms with E-state index in [0.717, 1.165) is 22.6 Å². The Bertz CT molecular complexity index is 307. The molecule has 13 heavy (non-hydrogen) atoms. The number of halogens is 1. The molecule has 1 aromatic rings. The predicted octanol–water partition coefficient (Wildman–Crippen LogP) is 3.37. The minimum atomic E-state index is 0.0612. The predicted molar refractivity (Wildman–Crippen MR) is 58.1 cm³/mol. The number of aryl methyl sites for hydroxylation is 2. The average Bonchev–Trinajstić information content (AvgIpc) is 2.10. The zero-order chi connectivity index (χ0) is 10.0. The van der Waals surface area contributed by atoms with Gasteiger partial charge in [0, 0.05) is 11.1 Å². The highest BCUT2D eigenvalue weighted by Gasteiger charge is 2.10. The van der Waals surface area contributed by atoms with Crippen molar-refractivity contribution in [2.75, 3.05) is 0 Å². The van der Waals surface area contributed by atoms with E-state index in [1.807, 2.05) is 6.92 Å². The number of benzene rings is 1. The molecule has 0 saturated heterocycles. The molecular formula is C11H16ClN. The molecule has 72 valence electrons. The maximum absolute atomic E-state index is 6.16. The van der Waals surface area contributed by atoms with Gasteiger partial charge in [-0.15, -0.1) is 0 Å². The molecule has 0 aliphatic rings. The molecule has 0 aromatic heterocycles. The normalized spacial score (nSPS) is 13.0. The van der Waals surface area contributed by atoms with Crippen LogP contribution in [0.15, 0.2) is 12.1 Å². The van der Waals surface area contributed by atoms with Gasteiger partial charge in [-0.05, 0) is 31.4 Å². The molecule has 1 rings (SSSR count). The van der Waals surface area contributed by atoms with Crippen LogP contribution in [0.5, 0.6) is 0 Å². The summed E-state index contributed by atoms with van der Waals surface area (Å²) >= 11 is 6.16. The fraction of sp³-hybridized carbons (Fsp3) is 0.455. The SMILES string of the molecule is CCC(N)c1cc(C)cc(C)c1Cl. The molecule has 2 N–H and O–H groups in total. The van der Waals surface area contributed by atoms with Crippen LogP contribution >= 0.6 is 11.6 Å². The van der Waals surface area contributed by atoms with Crippen LogP contribution in [-0.2, 0) is 0 Å². The first-order valence-electron chi connectivity index (χ1n) is 4.58. The summed E-state index contributed by atoms with van der Waals surface area (Å²) in [5, 5.41) is 0.819. The van der Waals surface area contributed by atoms with Crippen molar-refractivity contribution in [3.8, 4) is 0 Å². The summed E-state index contributed by atoms with van der Waals surface area (Å²) < 4.78 is 0. The van der Waals surface area contributed by atoms with Gasteiger partial charge in [0.25, 0.3) is 0 Å². The van der Waals surface area contributed by atoms with Crippen LogP contribution in [-0.4, -0.2) is 0 Å². The summed E-state index contributed by atoms with van der Waals surface area (Å²) in [4.78, 5) is 0. The van der Waals surface area contributed by atoms with E-state index < -0.39 is 0 Å². The highest BCUT2D eigenvalue weighted by Crippen LogP contribution is 2.27. The van der Waals surface area contributed by atoms with Crippen molar-refractivity contribution in [2.45, 2.75) is 33.2 Å². The number of rotatable bonds is 2. The van der Waals surface area contributed by atoms with Crippen LogP contribution in [0.25, 0.3) is 0 Å². The van der Waals surface area contributed by atoms with E-state index in [1.165, 1.54) is 5.56 Å². The Morgan fingerprint density at radius 3 is 2.54 bits per heavy atom. The molecule has 0 amide bonds. The van der Waals surface area contributed by atoms with Crippen molar-refractivity contribution in [3.05, 3.63) is 33.8 Å². The Hall–Kier alpha value is -0.530. The van der Waals surface area contributed by atoms with Crippen LogP contribution in [0.2, 0.25) is 5.02 Å². The summed E-state index contributed by atoms with van der Waals surface area (Å²) in [6.45, 7) is 6.15. The fourth-order valence-electron chi connectivity index (χ4n) is 1.47. The van der Waals surface area contributed by atoms with Gasteiger partial charge in [0.1, 0.15) is 0 Å². The Morgan fingerprint density at radius 1 is 1.38 bits per heavy atom. The van der Waals surface area contributed by atoms with E-state index in [-0.39, 0.29) is 6.04 Å². The first kappa shape index (κ1) is 10.6. The second kappa shape index (κ2) is 4.12. The Labute approximate surface area is 84.9 Å². The quantitative estimate of drug-likeness (QED) is 0.773. The standard InChI is InChI=1S/C11H16ClN/c1-4-10(13)9-6-7(2)5-8(3)11(9)12/h5-6,10H,4,13H2,1-3H3. The van der Waals surface area contributed by atoms with Crippen molar-refractivity contribution in [1.82, 2.24) is 0 Å². The van der Waals surface area contributed by atoms with Gasteiger partial charge >= 0.3 is 0 Å². The third-order valence-corrected chi connectivity index (χ3v) is 2.78. The molecule has 0 radical (unpaired) electrons. The smallest absolute Gasteiger partial charge is 0.0483 e. The first-order valence-corrected chi connectivity index (χ1v) is 4.96. The van der Waals surface area contributed by atoms with Crippen LogP contribution in [0, 0.1) is 13.8 Å². The number of hydrogen-bond donors (Lipinski definition) is 1. The van der Waals surface area contributed by atoms with Crippen molar-refractivity contribution in [1.29, 1.82) is 0 Å². The second-order valence-electron chi connectivity index (χ2n) is 3.50. The van der Waals surface area contributed by atoms with Gasteiger partial charge < -0.3 is 5.73 Å². The monoisotopic (exact) mass is 197 g/mol. The second-order valence-corrected chi connectivity index (χ2v) is 3.88. The van der Waals surface area contributed by atoms with Crippen molar-refractivity contribution >= 4 is 11.6 Å². The first-order chi connectivity index (χ1) is 6.06. The molecule has 1 atom stereocenters. The topological polar surface area (TPSA) is 26.0 Å². The fourth-order valence-corrected chi connectivity index (χ4v) is 1.72. The van der Waals surface area contributed by atoms with Crippen molar-refractivity contribution < 1.29 is 0 Å². The molecule has 0 bridgehead atoms. The third-order valence-electron chi connectivity index (χ3n) is 2.27. The lowest BCUT2D eigenvalue weighted by Crippen LogP contribution is -2.10. The van der Waals surface area contributed by atoms with E-state index in [0.29, 0.717) is 0 Å². The van der Waals surface area contributed by atoms with Crippen LogP contribution < -0.4 is 5.73 Å². The molecule has 1 nitrogen and oxygen atoms in total. The van der Waals surface area contributed by atoms with Gasteiger partial charge in [-0.25, -0.2) is 0 Å². The summed E-state index contributed by atoms with van der Waals surface area (Å²) in [6, 6.07) is 4.21. The van der Waals surface area contributed by atoms with Gasteiger partial charge in [-0.3, -0.25) is 0 Å².